The first-order valence-electron chi connectivity index (χ1n) is 4.56. The first-order chi connectivity index (χ1) is 6.70. The van der Waals surface area contributed by atoms with Crippen LogP contribution >= 0.6 is 11.8 Å². The van der Waals surface area contributed by atoms with Crippen molar-refractivity contribution in [3.63, 3.8) is 0 Å². The lowest BCUT2D eigenvalue weighted by Crippen LogP contribution is -2.40. The van der Waals surface area contributed by atoms with E-state index in [0.717, 1.165) is 12.2 Å². The second kappa shape index (κ2) is 8.83. The van der Waals surface area contributed by atoms with Gasteiger partial charge in [0.2, 0.25) is 5.91 Å². The maximum atomic E-state index is 11.1. The van der Waals surface area contributed by atoms with Crippen molar-refractivity contribution in [3.8, 4) is 0 Å². The number of hydrogen-bond donors (Lipinski definition) is 3. The Labute approximate surface area is 88.2 Å². The SMILES string of the molecule is CCCNC(=O)NC(=O)CSCCN. The number of nitrogens with two attached hydrogens (primary N) is 1. The summed E-state index contributed by atoms with van der Waals surface area (Å²) < 4.78 is 0. The smallest absolute Gasteiger partial charge is 0.321 e. The molecule has 0 aromatic rings. The third kappa shape index (κ3) is 7.88. The summed E-state index contributed by atoms with van der Waals surface area (Å²) in [4.78, 5) is 22.0. The highest BCUT2D eigenvalue weighted by atomic mass is 32.2. The normalized spacial score (nSPS) is 9.57. The van der Waals surface area contributed by atoms with Crippen LogP contribution in [0.1, 0.15) is 13.3 Å². The van der Waals surface area contributed by atoms with Crippen LogP contribution in [0, 0.1) is 0 Å². The Morgan fingerprint density at radius 3 is 2.71 bits per heavy atom. The molecule has 0 bridgehead atoms. The molecule has 5 nitrogen and oxygen atoms in total. The van der Waals surface area contributed by atoms with Crippen LogP contribution in [0.2, 0.25) is 0 Å². The molecule has 0 unspecified atom stereocenters. The molecule has 0 heterocycles. The van der Waals surface area contributed by atoms with Crippen molar-refractivity contribution in [2.75, 3.05) is 24.6 Å². The van der Waals surface area contributed by atoms with E-state index in [2.05, 4.69) is 10.6 Å². The molecule has 0 aliphatic carbocycles. The van der Waals surface area contributed by atoms with Crippen LogP contribution in [-0.2, 0) is 4.79 Å². The molecule has 0 saturated heterocycles. The van der Waals surface area contributed by atoms with Gasteiger partial charge in [-0.05, 0) is 6.42 Å². The largest absolute Gasteiger partial charge is 0.338 e. The first kappa shape index (κ1) is 13.2. The summed E-state index contributed by atoms with van der Waals surface area (Å²) >= 11 is 1.41. The number of thioether (sulfide) groups is 1. The van der Waals surface area contributed by atoms with Gasteiger partial charge in [-0.25, -0.2) is 4.79 Å². The van der Waals surface area contributed by atoms with Crippen LogP contribution in [0.5, 0.6) is 0 Å². The van der Waals surface area contributed by atoms with E-state index >= 15 is 0 Å². The number of hydrogen-bond acceptors (Lipinski definition) is 4. The molecule has 0 spiro atoms. The van der Waals surface area contributed by atoms with Gasteiger partial charge in [0.15, 0.2) is 0 Å². The molecule has 0 saturated carbocycles. The molecule has 6 heteroatoms. The predicted octanol–water partition coefficient (Wildman–Crippen LogP) is -0.0859. The fraction of sp³-hybridized carbons (Fsp3) is 0.750. The monoisotopic (exact) mass is 219 g/mol. The summed E-state index contributed by atoms with van der Waals surface area (Å²) in [5.74, 6) is 0.720. The van der Waals surface area contributed by atoms with Gasteiger partial charge in [0.05, 0.1) is 5.75 Å². The fourth-order valence-electron chi connectivity index (χ4n) is 0.694. The lowest BCUT2D eigenvalue weighted by molar-refractivity contribution is -0.117. The molecule has 0 radical (unpaired) electrons. The van der Waals surface area contributed by atoms with E-state index in [4.69, 9.17) is 5.73 Å². The zero-order chi connectivity index (χ0) is 10.8. The van der Waals surface area contributed by atoms with Gasteiger partial charge < -0.3 is 11.1 Å². The van der Waals surface area contributed by atoms with Crippen LogP contribution in [0.15, 0.2) is 0 Å². The van der Waals surface area contributed by atoms with Crippen LogP contribution in [0.25, 0.3) is 0 Å². The van der Waals surface area contributed by atoms with E-state index < -0.39 is 6.03 Å². The third-order valence-corrected chi connectivity index (χ3v) is 2.27. The maximum absolute atomic E-state index is 11.1. The molecule has 0 aliphatic rings. The Balaban J connectivity index is 3.45. The minimum absolute atomic E-state index is 0.275. The van der Waals surface area contributed by atoms with E-state index in [1.54, 1.807) is 0 Å². The molecular weight excluding hydrogens is 202 g/mol. The third-order valence-electron chi connectivity index (χ3n) is 1.28. The summed E-state index contributed by atoms with van der Waals surface area (Å²) in [6.45, 7) is 3.06. The van der Waals surface area contributed by atoms with E-state index in [0.29, 0.717) is 13.1 Å². The molecule has 82 valence electrons. The highest BCUT2D eigenvalue weighted by Crippen LogP contribution is 1.95. The standard InChI is InChI=1S/C8H17N3O2S/c1-2-4-10-8(13)11-7(12)6-14-5-3-9/h2-6,9H2,1H3,(H2,10,11,12,13). The van der Waals surface area contributed by atoms with Crippen molar-refractivity contribution >= 4 is 23.7 Å². The van der Waals surface area contributed by atoms with Gasteiger partial charge in [0.1, 0.15) is 0 Å². The summed E-state index contributed by atoms with van der Waals surface area (Å²) in [5.41, 5.74) is 5.25. The molecule has 0 rings (SSSR count). The Hall–Kier alpha value is -0.750. The van der Waals surface area contributed by atoms with Gasteiger partial charge in [0, 0.05) is 18.8 Å². The highest BCUT2D eigenvalue weighted by molar-refractivity contribution is 7.99. The number of amides is 3. The van der Waals surface area contributed by atoms with Crippen LogP contribution in [-0.4, -0.2) is 36.5 Å². The van der Waals surface area contributed by atoms with Gasteiger partial charge in [-0.1, -0.05) is 6.92 Å². The topological polar surface area (TPSA) is 84.2 Å². The molecule has 14 heavy (non-hydrogen) atoms. The van der Waals surface area contributed by atoms with Gasteiger partial charge in [-0.3, -0.25) is 10.1 Å². The van der Waals surface area contributed by atoms with Crippen molar-refractivity contribution in [1.82, 2.24) is 10.6 Å². The van der Waals surface area contributed by atoms with E-state index in [9.17, 15) is 9.59 Å². The fourth-order valence-corrected chi connectivity index (χ4v) is 1.26. The molecular formula is C8H17N3O2S. The van der Waals surface area contributed by atoms with Crippen molar-refractivity contribution in [2.24, 2.45) is 5.73 Å². The Morgan fingerprint density at radius 1 is 1.43 bits per heavy atom. The molecule has 0 aromatic carbocycles. The summed E-state index contributed by atoms with van der Waals surface area (Å²) in [6.07, 6.45) is 0.851. The van der Waals surface area contributed by atoms with Crippen LogP contribution in [0.4, 0.5) is 4.79 Å². The second-order valence-corrected chi connectivity index (χ2v) is 3.75. The average Bonchev–Trinajstić information content (AvgIpc) is 2.15. The summed E-state index contributed by atoms with van der Waals surface area (Å²) in [7, 11) is 0. The van der Waals surface area contributed by atoms with Gasteiger partial charge in [0.25, 0.3) is 0 Å². The van der Waals surface area contributed by atoms with E-state index in [1.807, 2.05) is 6.92 Å². The number of rotatable bonds is 6. The average molecular weight is 219 g/mol. The van der Waals surface area contributed by atoms with Crippen molar-refractivity contribution in [3.05, 3.63) is 0 Å². The quantitative estimate of drug-likeness (QED) is 0.545. The Bertz CT molecular complexity index is 187. The second-order valence-electron chi connectivity index (χ2n) is 2.65. The number of nitrogens with one attached hydrogen (secondary N) is 2. The zero-order valence-corrected chi connectivity index (χ0v) is 9.15. The zero-order valence-electron chi connectivity index (χ0n) is 8.34. The number of carbonyl (C=O) groups is 2. The predicted molar refractivity (Wildman–Crippen MR) is 58.2 cm³/mol. The number of urea groups is 1. The van der Waals surface area contributed by atoms with E-state index in [-0.39, 0.29) is 11.7 Å². The lowest BCUT2D eigenvalue weighted by Gasteiger charge is -2.04. The van der Waals surface area contributed by atoms with Crippen molar-refractivity contribution in [1.29, 1.82) is 0 Å². The summed E-state index contributed by atoms with van der Waals surface area (Å²) in [5, 5.41) is 4.77. The molecule has 4 N–H and O–H groups in total. The highest BCUT2D eigenvalue weighted by Gasteiger charge is 2.05. The first-order valence-corrected chi connectivity index (χ1v) is 5.71. The molecule has 0 aliphatic heterocycles. The van der Waals surface area contributed by atoms with Gasteiger partial charge in [-0.15, -0.1) is 0 Å². The molecule has 0 aromatic heterocycles. The lowest BCUT2D eigenvalue weighted by atomic mass is 10.5. The maximum Gasteiger partial charge on any atom is 0.321 e. The summed E-state index contributed by atoms with van der Waals surface area (Å²) in [6, 6.07) is -0.426. The van der Waals surface area contributed by atoms with Crippen molar-refractivity contribution in [2.45, 2.75) is 13.3 Å². The minimum Gasteiger partial charge on any atom is -0.338 e. The molecule has 0 atom stereocenters. The van der Waals surface area contributed by atoms with Crippen molar-refractivity contribution < 1.29 is 9.59 Å². The minimum atomic E-state index is -0.426. The Morgan fingerprint density at radius 2 is 2.14 bits per heavy atom. The van der Waals surface area contributed by atoms with Crippen LogP contribution in [0.3, 0.4) is 0 Å². The molecule has 3 amide bonds. The van der Waals surface area contributed by atoms with Crippen LogP contribution < -0.4 is 16.4 Å². The van der Waals surface area contributed by atoms with Gasteiger partial charge >= 0.3 is 6.03 Å². The number of imide groups is 1. The van der Waals surface area contributed by atoms with Gasteiger partial charge in [-0.2, -0.15) is 11.8 Å². The number of carbonyl (C=O) groups excluding carboxylic acids is 2. The Kier molecular flexibility index (Phi) is 8.36. The van der Waals surface area contributed by atoms with E-state index in [1.165, 1.54) is 11.8 Å². The molecule has 0 fully saturated rings.